The predicted molar refractivity (Wildman–Crippen MR) is 74.5 cm³/mol. The smallest absolute Gasteiger partial charge is 0.313 e. The van der Waals surface area contributed by atoms with Crippen molar-refractivity contribution in [2.45, 2.75) is 26.1 Å². The van der Waals surface area contributed by atoms with E-state index in [9.17, 15) is 17.6 Å². The van der Waals surface area contributed by atoms with Gasteiger partial charge in [-0.25, -0.2) is 9.37 Å². The third-order valence-electron chi connectivity index (χ3n) is 2.82. The molecule has 7 heteroatoms. The monoisotopic (exact) mass is 318 g/mol. The zero-order valence-corrected chi connectivity index (χ0v) is 12.1. The SMILES string of the molecule is CCCNCc1cc(-c2cnc(C(F)(F)F)s2)ccc1F. The van der Waals surface area contributed by atoms with Crippen molar-refractivity contribution in [3.05, 3.63) is 40.8 Å². The van der Waals surface area contributed by atoms with Crippen molar-refractivity contribution in [1.29, 1.82) is 0 Å². The Morgan fingerprint density at radius 2 is 2.05 bits per heavy atom. The fourth-order valence-corrected chi connectivity index (χ4v) is 2.58. The quantitative estimate of drug-likeness (QED) is 0.650. The number of alkyl halides is 3. The summed E-state index contributed by atoms with van der Waals surface area (Å²) in [5, 5.41) is 2.17. The van der Waals surface area contributed by atoms with Gasteiger partial charge in [-0.1, -0.05) is 13.0 Å². The Balaban J connectivity index is 2.24. The lowest BCUT2D eigenvalue weighted by Crippen LogP contribution is -2.14. The molecular formula is C14H14F4N2S. The van der Waals surface area contributed by atoms with Crippen LogP contribution in [0, 0.1) is 5.82 Å². The maximum absolute atomic E-state index is 13.7. The summed E-state index contributed by atoms with van der Waals surface area (Å²) in [6, 6.07) is 4.29. The number of rotatable bonds is 5. The summed E-state index contributed by atoms with van der Waals surface area (Å²) in [5.74, 6) is -0.372. The molecule has 0 amide bonds. The Morgan fingerprint density at radius 1 is 1.29 bits per heavy atom. The Bertz CT molecular complexity index is 607. The zero-order valence-electron chi connectivity index (χ0n) is 11.3. The summed E-state index contributed by atoms with van der Waals surface area (Å²) in [5.41, 5.74) is 0.973. The molecule has 0 unspecified atom stereocenters. The highest BCUT2D eigenvalue weighted by Gasteiger charge is 2.34. The zero-order chi connectivity index (χ0) is 15.5. The van der Waals surface area contributed by atoms with Crippen LogP contribution in [0.1, 0.15) is 23.9 Å². The van der Waals surface area contributed by atoms with Gasteiger partial charge in [0.2, 0.25) is 0 Å². The van der Waals surface area contributed by atoms with E-state index in [0.717, 1.165) is 13.0 Å². The van der Waals surface area contributed by atoms with Gasteiger partial charge in [0.15, 0.2) is 5.01 Å². The summed E-state index contributed by atoms with van der Waals surface area (Å²) in [7, 11) is 0. The Kier molecular flexibility index (Phi) is 4.95. The van der Waals surface area contributed by atoms with E-state index in [1.54, 1.807) is 6.07 Å². The average Bonchev–Trinajstić information content (AvgIpc) is 2.91. The van der Waals surface area contributed by atoms with Crippen molar-refractivity contribution in [1.82, 2.24) is 10.3 Å². The van der Waals surface area contributed by atoms with Crippen LogP contribution in [0.5, 0.6) is 0 Å². The number of hydrogen-bond donors (Lipinski definition) is 1. The average molecular weight is 318 g/mol. The van der Waals surface area contributed by atoms with E-state index in [-0.39, 0.29) is 5.82 Å². The van der Waals surface area contributed by atoms with E-state index in [1.807, 2.05) is 6.92 Å². The molecule has 2 rings (SSSR count). The number of nitrogens with zero attached hydrogens (tertiary/aromatic N) is 1. The first-order valence-corrected chi connectivity index (χ1v) is 7.26. The van der Waals surface area contributed by atoms with Crippen LogP contribution in [-0.4, -0.2) is 11.5 Å². The molecule has 0 aliphatic heterocycles. The summed E-state index contributed by atoms with van der Waals surface area (Å²) in [6.45, 7) is 3.09. The number of halogens is 4. The molecule has 2 aromatic rings. The molecule has 0 spiro atoms. The number of thiazole rings is 1. The van der Waals surface area contributed by atoms with Crippen LogP contribution >= 0.6 is 11.3 Å². The number of aromatic nitrogens is 1. The molecule has 1 aromatic heterocycles. The lowest BCUT2D eigenvalue weighted by Gasteiger charge is -2.07. The molecule has 1 N–H and O–H groups in total. The third-order valence-corrected chi connectivity index (χ3v) is 3.91. The van der Waals surface area contributed by atoms with Gasteiger partial charge < -0.3 is 5.32 Å². The Morgan fingerprint density at radius 3 is 2.67 bits per heavy atom. The molecule has 0 bridgehead atoms. The third kappa shape index (κ3) is 4.01. The van der Waals surface area contributed by atoms with Gasteiger partial charge in [0, 0.05) is 18.3 Å². The molecule has 0 radical (unpaired) electrons. The van der Waals surface area contributed by atoms with Gasteiger partial charge in [-0.3, -0.25) is 0 Å². The second-order valence-corrected chi connectivity index (χ2v) is 5.54. The molecule has 1 heterocycles. The first-order valence-electron chi connectivity index (χ1n) is 6.44. The van der Waals surface area contributed by atoms with Crippen molar-refractivity contribution in [2.24, 2.45) is 0 Å². The van der Waals surface area contributed by atoms with Crippen molar-refractivity contribution in [3.63, 3.8) is 0 Å². The highest BCUT2D eigenvalue weighted by Crippen LogP contribution is 2.36. The van der Waals surface area contributed by atoms with Gasteiger partial charge in [0.25, 0.3) is 0 Å². The van der Waals surface area contributed by atoms with E-state index < -0.39 is 11.2 Å². The van der Waals surface area contributed by atoms with Gasteiger partial charge >= 0.3 is 6.18 Å². The summed E-state index contributed by atoms with van der Waals surface area (Å²) in [6.07, 6.45) is -2.36. The van der Waals surface area contributed by atoms with E-state index in [2.05, 4.69) is 10.3 Å². The molecule has 0 fully saturated rings. The van der Waals surface area contributed by atoms with Gasteiger partial charge in [-0.05, 0) is 30.7 Å². The molecule has 0 saturated heterocycles. The molecule has 114 valence electrons. The molecule has 2 nitrogen and oxygen atoms in total. The van der Waals surface area contributed by atoms with Gasteiger partial charge in [0.1, 0.15) is 5.82 Å². The van der Waals surface area contributed by atoms with Crippen LogP contribution in [0.15, 0.2) is 24.4 Å². The number of hydrogen-bond acceptors (Lipinski definition) is 3. The molecule has 0 atom stereocenters. The van der Waals surface area contributed by atoms with E-state index in [4.69, 9.17) is 0 Å². The maximum Gasteiger partial charge on any atom is 0.443 e. The highest BCUT2D eigenvalue weighted by molar-refractivity contribution is 7.15. The second-order valence-electron chi connectivity index (χ2n) is 4.51. The first kappa shape index (κ1) is 15.9. The van der Waals surface area contributed by atoms with Crippen molar-refractivity contribution < 1.29 is 17.6 Å². The Hall–Kier alpha value is -1.47. The largest absolute Gasteiger partial charge is 0.443 e. The summed E-state index contributed by atoms with van der Waals surface area (Å²) >= 11 is 0.557. The standard InChI is InChI=1S/C14H14F4N2S/c1-2-5-19-7-10-6-9(3-4-11(10)15)12-8-20-13(21-12)14(16,17)18/h3-4,6,8,19H,2,5,7H2,1H3. The topological polar surface area (TPSA) is 24.9 Å². The molecule has 0 saturated carbocycles. The lowest BCUT2D eigenvalue weighted by molar-refractivity contribution is -0.137. The number of benzene rings is 1. The van der Waals surface area contributed by atoms with Gasteiger partial charge in [0.05, 0.1) is 4.88 Å². The van der Waals surface area contributed by atoms with Crippen LogP contribution < -0.4 is 5.32 Å². The predicted octanol–water partition coefficient (Wildman–Crippen LogP) is 4.47. The first-order chi connectivity index (χ1) is 9.91. The maximum atomic E-state index is 13.7. The van der Waals surface area contributed by atoms with Crippen LogP contribution in [0.25, 0.3) is 10.4 Å². The van der Waals surface area contributed by atoms with Gasteiger partial charge in [-0.2, -0.15) is 13.2 Å². The Labute approximate surface area is 123 Å². The van der Waals surface area contributed by atoms with E-state index in [0.29, 0.717) is 33.9 Å². The summed E-state index contributed by atoms with van der Waals surface area (Å²) < 4.78 is 51.3. The molecule has 0 aliphatic carbocycles. The van der Waals surface area contributed by atoms with Crippen molar-refractivity contribution in [2.75, 3.05) is 6.54 Å². The van der Waals surface area contributed by atoms with Crippen LogP contribution in [0.3, 0.4) is 0 Å². The van der Waals surface area contributed by atoms with Gasteiger partial charge in [-0.15, -0.1) is 11.3 Å². The van der Waals surface area contributed by atoms with E-state index >= 15 is 0 Å². The minimum atomic E-state index is -4.45. The lowest BCUT2D eigenvalue weighted by atomic mass is 10.1. The molecule has 1 aromatic carbocycles. The van der Waals surface area contributed by atoms with Crippen molar-refractivity contribution >= 4 is 11.3 Å². The summed E-state index contributed by atoms with van der Waals surface area (Å²) in [4.78, 5) is 3.75. The van der Waals surface area contributed by atoms with Crippen molar-refractivity contribution in [3.8, 4) is 10.4 Å². The highest BCUT2D eigenvalue weighted by atomic mass is 32.1. The minimum Gasteiger partial charge on any atom is -0.313 e. The fraction of sp³-hybridized carbons (Fsp3) is 0.357. The molecule has 21 heavy (non-hydrogen) atoms. The molecule has 0 aliphatic rings. The fourth-order valence-electron chi connectivity index (χ4n) is 1.80. The van der Waals surface area contributed by atoms with Crippen LogP contribution in [0.2, 0.25) is 0 Å². The van der Waals surface area contributed by atoms with E-state index in [1.165, 1.54) is 18.3 Å². The minimum absolute atomic E-state index is 0.346. The normalized spacial score (nSPS) is 11.9. The van der Waals surface area contributed by atoms with Crippen LogP contribution in [0.4, 0.5) is 17.6 Å². The number of nitrogens with one attached hydrogen (secondary N) is 1. The molecular weight excluding hydrogens is 304 g/mol. The van der Waals surface area contributed by atoms with Crippen LogP contribution in [-0.2, 0) is 12.7 Å². The second kappa shape index (κ2) is 6.53.